The molecule has 0 radical (unpaired) electrons. The van der Waals surface area contributed by atoms with Crippen LogP contribution in [-0.2, 0) is 16.0 Å². The highest BCUT2D eigenvalue weighted by Crippen LogP contribution is 2.26. The molecule has 25 heavy (non-hydrogen) atoms. The van der Waals surface area contributed by atoms with E-state index in [-0.39, 0.29) is 18.2 Å². The summed E-state index contributed by atoms with van der Waals surface area (Å²) in [4.78, 5) is 25.6. The Morgan fingerprint density at radius 3 is 2.40 bits per heavy atom. The second-order valence-corrected chi connectivity index (χ2v) is 6.55. The number of nitrogens with one attached hydrogen (secondary N) is 1. The second-order valence-electron chi connectivity index (χ2n) is 5.71. The molecule has 1 N–H and O–H groups in total. The Morgan fingerprint density at radius 1 is 1.08 bits per heavy atom. The lowest BCUT2D eigenvalue weighted by atomic mass is 10.1. The van der Waals surface area contributed by atoms with Crippen molar-refractivity contribution in [3.8, 4) is 0 Å². The Balaban J connectivity index is 1.93. The lowest BCUT2D eigenvalue weighted by Gasteiger charge is -2.23. The summed E-state index contributed by atoms with van der Waals surface area (Å²) in [5.74, 6) is -0.203. The monoisotopic (exact) mass is 378 g/mol. The van der Waals surface area contributed by atoms with Gasteiger partial charge in [0.2, 0.25) is 11.8 Å². The second kappa shape index (κ2) is 8.88. The summed E-state index contributed by atoms with van der Waals surface area (Å²) >= 11 is 12.0. The maximum Gasteiger partial charge on any atom is 0.224 e. The van der Waals surface area contributed by atoms with E-state index in [1.807, 2.05) is 25.1 Å². The molecule has 6 heteroatoms. The molecule has 0 aliphatic carbocycles. The minimum atomic E-state index is -0.103. The molecule has 0 fully saturated rings. The van der Waals surface area contributed by atoms with Gasteiger partial charge < -0.3 is 10.2 Å². The average molecular weight is 379 g/mol. The Morgan fingerprint density at radius 2 is 1.76 bits per heavy atom. The van der Waals surface area contributed by atoms with Gasteiger partial charge in [-0.25, -0.2) is 0 Å². The van der Waals surface area contributed by atoms with Crippen LogP contribution in [0.5, 0.6) is 0 Å². The van der Waals surface area contributed by atoms with Crippen LogP contribution in [0.25, 0.3) is 0 Å². The fourth-order valence-electron chi connectivity index (χ4n) is 2.49. The highest BCUT2D eigenvalue weighted by atomic mass is 35.5. The molecule has 0 spiro atoms. The summed E-state index contributed by atoms with van der Waals surface area (Å²) in [7, 11) is 0. The van der Waals surface area contributed by atoms with Crippen molar-refractivity contribution in [3.63, 3.8) is 0 Å². The predicted octanol–water partition coefficient (Wildman–Crippen LogP) is 4.01. The van der Waals surface area contributed by atoms with Crippen LogP contribution in [0.3, 0.4) is 0 Å². The number of rotatable bonds is 6. The van der Waals surface area contributed by atoms with Crippen LogP contribution in [0.2, 0.25) is 10.0 Å². The number of carbonyl (C=O) groups is 2. The van der Waals surface area contributed by atoms with E-state index < -0.39 is 0 Å². The van der Waals surface area contributed by atoms with Gasteiger partial charge in [0, 0.05) is 35.7 Å². The van der Waals surface area contributed by atoms with Crippen molar-refractivity contribution >= 4 is 40.7 Å². The van der Waals surface area contributed by atoms with Crippen LogP contribution in [0.1, 0.15) is 18.1 Å². The number of benzene rings is 2. The van der Waals surface area contributed by atoms with Gasteiger partial charge in [-0.1, -0.05) is 41.4 Å². The zero-order valence-electron chi connectivity index (χ0n) is 14.2. The maximum atomic E-state index is 12.0. The zero-order valence-corrected chi connectivity index (χ0v) is 15.7. The molecule has 0 aromatic heterocycles. The first-order chi connectivity index (χ1) is 11.9. The molecule has 0 aliphatic rings. The molecule has 0 saturated heterocycles. The molecule has 0 unspecified atom stereocenters. The third kappa shape index (κ3) is 5.48. The SMILES string of the molecule is CC(=O)N(CCNC(=O)Cc1ccc(Cl)cc1)c1cccc(Cl)c1C. The number of hydrogen-bond acceptors (Lipinski definition) is 2. The van der Waals surface area contributed by atoms with Crippen molar-refractivity contribution in [2.24, 2.45) is 0 Å². The van der Waals surface area contributed by atoms with Gasteiger partial charge in [-0.05, 0) is 42.3 Å². The molecule has 0 heterocycles. The zero-order chi connectivity index (χ0) is 18.4. The number of amides is 2. The van der Waals surface area contributed by atoms with Gasteiger partial charge >= 0.3 is 0 Å². The molecule has 2 amide bonds. The van der Waals surface area contributed by atoms with Crippen LogP contribution >= 0.6 is 23.2 Å². The third-order valence-corrected chi connectivity index (χ3v) is 4.51. The first kappa shape index (κ1) is 19.3. The van der Waals surface area contributed by atoms with E-state index in [0.717, 1.165) is 16.8 Å². The topological polar surface area (TPSA) is 49.4 Å². The van der Waals surface area contributed by atoms with E-state index in [2.05, 4.69) is 5.32 Å². The van der Waals surface area contributed by atoms with E-state index >= 15 is 0 Å². The van der Waals surface area contributed by atoms with Gasteiger partial charge in [-0.3, -0.25) is 9.59 Å². The molecule has 2 aromatic carbocycles. The van der Waals surface area contributed by atoms with Crippen LogP contribution < -0.4 is 10.2 Å². The quantitative estimate of drug-likeness (QED) is 0.825. The number of halogens is 2. The van der Waals surface area contributed by atoms with Gasteiger partial charge in [0.1, 0.15) is 0 Å². The summed E-state index contributed by atoms with van der Waals surface area (Å²) in [6.07, 6.45) is 0.271. The van der Waals surface area contributed by atoms with Gasteiger partial charge in [-0.2, -0.15) is 0 Å². The normalized spacial score (nSPS) is 10.4. The molecule has 132 valence electrons. The van der Waals surface area contributed by atoms with Crippen molar-refractivity contribution < 1.29 is 9.59 Å². The average Bonchev–Trinajstić information content (AvgIpc) is 2.56. The van der Waals surface area contributed by atoms with Crippen molar-refractivity contribution in [1.82, 2.24) is 5.32 Å². The maximum absolute atomic E-state index is 12.0. The Kier molecular flexibility index (Phi) is 6.85. The fraction of sp³-hybridized carbons (Fsp3) is 0.263. The van der Waals surface area contributed by atoms with Crippen LogP contribution in [-0.4, -0.2) is 24.9 Å². The standard InChI is InChI=1S/C19H20Cl2N2O2/c1-13-17(21)4-3-5-18(13)23(14(2)24)11-10-22-19(25)12-15-6-8-16(20)9-7-15/h3-9H,10-12H2,1-2H3,(H,22,25). The van der Waals surface area contributed by atoms with Crippen molar-refractivity contribution in [3.05, 3.63) is 63.6 Å². The van der Waals surface area contributed by atoms with E-state index in [4.69, 9.17) is 23.2 Å². The Bertz CT molecular complexity index is 761. The number of hydrogen-bond donors (Lipinski definition) is 1. The van der Waals surface area contributed by atoms with Crippen LogP contribution in [0.15, 0.2) is 42.5 Å². The van der Waals surface area contributed by atoms with E-state index in [1.165, 1.54) is 6.92 Å². The summed E-state index contributed by atoms with van der Waals surface area (Å²) in [6, 6.07) is 12.6. The lowest BCUT2D eigenvalue weighted by Crippen LogP contribution is -2.38. The first-order valence-electron chi connectivity index (χ1n) is 7.93. The van der Waals surface area contributed by atoms with Crippen molar-refractivity contribution in [2.75, 3.05) is 18.0 Å². The highest BCUT2D eigenvalue weighted by Gasteiger charge is 2.15. The minimum Gasteiger partial charge on any atom is -0.354 e. The van der Waals surface area contributed by atoms with E-state index in [1.54, 1.807) is 29.2 Å². The van der Waals surface area contributed by atoms with Crippen LogP contribution in [0, 0.1) is 6.92 Å². The van der Waals surface area contributed by atoms with Gasteiger partial charge in [0.15, 0.2) is 0 Å². The molecule has 2 aromatic rings. The van der Waals surface area contributed by atoms with Gasteiger partial charge in [0.25, 0.3) is 0 Å². The highest BCUT2D eigenvalue weighted by molar-refractivity contribution is 6.31. The first-order valence-corrected chi connectivity index (χ1v) is 8.68. The Hall–Kier alpha value is -2.04. The fourth-order valence-corrected chi connectivity index (χ4v) is 2.79. The molecule has 0 atom stereocenters. The van der Waals surface area contributed by atoms with Gasteiger partial charge in [0.05, 0.1) is 6.42 Å². The van der Waals surface area contributed by atoms with Crippen molar-refractivity contribution in [1.29, 1.82) is 0 Å². The largest absolute Gasteiger partial charge is 0.354 e. The summed E-state index contributed by atoms with van der Waals surface area (Å²) in [6.45, 7) is 4.10. The van der Waals surface area contributed by atoms with Crippen LogP contribution in [0.4, 0.5) is 5.69 Å². The summed E-state index contributed by atoms with van der Waals surface area (Å²) < 4.78 is 0. The molecule has 0 bridgehead atoms. The van der Waals surface area contributed by atoms with E-state index in [9.17, 15) is 9.59 Å². The molecule has 0 saturated carbocycles. The lowest BCUT2D eigenvalue weighted by molar-refractivity contribution is -0.121. The summed E-state index contributed by atoms with van der Waals surface area (Å²) in [5, 5.41) is 4.08. The number of anilines is 1. The molecule has 2 rings (SSSR count). The summed E-state index contributed by atoms with van der Waals surface area (Å²) in [5.41, 5.74) is 2.48. The molecule has 4 nitrogen and oxygen atoms in total. The smallest absolute Gasteiger partial charge is 0.224 e. The molecule has 0 aliphatic heterocycles. The Labute approximate surface area is 157 Å². The third-order valence-electron chi connectivity index (χ3n) is 3.85. The van der Waals surface area contributed by atoms with Gasteiger partial charge in [-0.15, -0.1) is 0 Å². The number of nitrogens with zero attached hydrogens (tertiary/aromatic N) is 1. The number of carbonyl (C=O) groups excluding carboxylic acids is 2. The molecular weight excluding hydrogens is 359 g/mol. The predicted molar refractivity (Wildman–Crippen MR) is 102 cm³/mol. The van der Waals surface area contributed by atoms with Crippen molar-refractivity contribution in [2.45, 2.75) is 20.3 Å². The van der Waals surface area contributed by atoms with E-state index in [0.29, 0.717) is 23.1 Å². The molecular formula is C19H20Cl2N2O2. The minimum absolute atomic E-state index is 0.0997.